The summed E-state index contributed by atoms with van der Waals surface area (Å²) in [6, 6.07) is 0.0291. The Morgan fingerprint density at radius 1 is 1.64 bits per heavy atom. The zero-order valence-corrected chi connectivity index (χ0v) is 9.01. The van der Waals surface area contributed by atoms with Gasteiger partial charge in [-0.05, 0) is 28.8 Å². The van der Waals surface area contributed by atoms with Gasteiger partial charge in [0.1, 0.15) is 0 Å². The standard InChI is InChI=1S/C10H14N2OS/c1-7-5-14-6-8(7)3-12-4-9(11)2-10(12)13/h5-6,9H,2-4,11H2,1H3. The van der Waals surface area contributed by atoms with Gasteiger partial charge in [0.15, 0.2) is 0 Å². The van der Waals surface area contributed by atoms with Crippen LogP contribution in [0.25, 0.3) is 0 Å². The number of carbonyl (C=O) groups is 1. The Morgan fingerprint density at radius 3 is 2.93 bits per heavy atom. The molecule has 1 fully saturated rings. The van der Waals surface area contributed by atoms with Crippen LogP contribution < -0.4 is 5.73 Å². The molecular weight excluding hydrogens is 196 g/mol. The lowest BCUT2D eigenvalue weighted by Gasteiger charge is -2.15. The third kappa shape index (κ3) is 1.81. The monoisotopic (exact) mass is 210 g/mol. The van der Waals surface area contributed by atoms with E-state index in [9.17, 15) is 4.79 Å². The van der Waals surface area contributed by atoms with Crippen molar-refractivity contribution in [2.45, 2.75) is 25.9 Å². The quantitative estimate of drug-likeness (QED) is 0.795. The number of carbonyl (C=O) groups excluding carboxylic acids is 1. The minimum absolute atomic E-state index is 0.0291. The molecule has 1 aromatic rings. The largest absolute Gasteiger partial charge is 0.337 e. The molecule has 1 amide bonds. The molecule has 1 unspecified atom stereocenters. The third-order valence-corrected chi connectivity index (χ3v) is 3.48. The van der Waals surface area contributed by atoms with Crippen LogP contribution in [0.2, 0.25) is 0 Å². The smallest absolute Gasteiger partial charge is 0.224 e. The van der Waals surface area contributed by atoms with Crippen molar-refractivity contribution in [2.75, 3.05) is 6.54 Å². The van der Waals surface area contributed by atoms with Crippen molar-refractivity contribution in [2.24, 2.45) is 5.73 Å². The number of thiophene rings is 1. The molecule has 0 saturated carbocycles. The summed E-state index contributed by atoms with van der Waals surface area (Å²) in [6.45, 7) is 3.50. The van der Waals surface area contributed by atoms with E-state index in [1.54, 1.807) is 11.3 Å². The van der Waals surface area contributed by atoms with E-state index in [0.717, 1.165) is 6.54 Å². The SMILES string of the molecule is Cc1cscc1CN1CC(N)CC1=O. The van der Waals surface area contributed by atoms with Crippen LogP contribution in [0.5, 0.6) is 0 Å². The van der Waals surface area contributed by atoms with Crippen molar-refractivity contribution in [3.05, 3.63) is 21.9 Å². The van der Waals surface area contributed by atoms with Crippen LogP contribution in [0.15, 0.2) is 10.8 Å². The second-order valence-electron chi connectivity index (χ2n) is 3.82. The van der Waals surface area contributed by atoms with Crippen molar-refractivity contribution in [1.29, 1.82) is 0 Å². The summed E-state index contributed by atoms with van der Waals surface area (Å²) < 4.78 is 0. The fourth-order valence-corrected chi connectivity index (χ4v) is 2.56. The predicted molar refractivity (Wildman–Crippen MR) is 57.1 cm³/mol. The molecule has 0 bridgehead atoms. The molecule has 1 saturated heterocycles. The van der Waals surface area contributed by atoms with E-state index in [1.165, 1.54) is 11.1 Å². The summed E-state index contributed by atoms with van der Waals surface area (Å²) in [5.41, 5.74) is 8.24. The summed E-state index contributed by atoms with van der Waals surface area (Å²) in [5.74, 6) is 0.183. The van der Waals surface area contributed by atoms with Crippen LogP contribution in [-0.2, 0) is 11.3 Å². The Bertz CT molecular complexity index is 348. The fourth-order valence-electron chi connectivity index (χ4n) is 1.71. The van der Waals surface area contributed by atoms with Crippen LogP contribution in [-0.4, -0.2) is 23.4 Å². The summed E-state index contributed by atoms with van der Waals surface area (Å²) in [5, 5.41) is 4.21. The van der Waals surface area contributed by atoms with Crippen LogP contribution in [0.1, 0.15) is 17.5 Å². The van der Waals surface area contributed by atoms with Gasteiger partial charge in [-0.1, -0.05) is 0 Å². The molecule has 3 nitrogen and oxygen atoms in total. The fraction of sp³-hybridized carbons (Fsp3) is 0.500. The number of likely N-dealkylation sites (tertiary alicyclic amines) is 1. The number of nitrogens with two attached hydrogens (primary N) is 1. The molecule has 2 heterocycles. The maximum absolute atomic E-state index is 11.5. The van der Waals surface area contributed by atoms with Gasteiger partial charge in [0.05, 0.1) is 0 Å². The number of hydrogen-bond donors (Lipinski definition) is 1. The van der Waals surface area contributed by atoms with Gasteiger partial charge < -0.3 is 10.6 Å². The van der Waals surface area contributed by atoms with Gasteiger partial charge in [-0.25, -0.2) is 0 Å². The Balaban J connectivity index is 2.05. The van der Waals surface area contributed by atoms with Crippen LogP contribution in [0, 0.1) is 6.92 Å². The normalized spacial score (nSPS) is 22.0. The Labute approximate surface area is 87.5 Å². The molecule has 2 N–H and O–H groups in total. The topological polar surface area (TPSA) is 46.3 Å². The maximum atomic E-state index is 11.5. The number of hydrogen-bond acceptors (Lipinski definition) is 3. The van der Waals surface area contributed by atoms with Gasteiger partial charge in [-0.3, -0.25) is 4.79 Å². The molecular formula is C10H14N2OS. The first kappa shape index (κ1) is 9.68. The lowest BCUT2D eigenvalue weighted by Crippen LogP contribution is -2.27. The predicted octanol–water partition coefficient (Wildman–Crippen LogP) is 1.12. The third-order valence-electron chi connectivity index (χ3n) is 2.57. The Morgan fingerprint density at radius 2 is 2.43 bits per heavy atom. The zero-order valence-electron chi connectivity index (χ0n) is 8.19. The van der Waals surface area contributed by atoms with Crippen LogP contribution >= 0.6 is 11.3 Å². The van der Waals surface area contributed by atoms with Crippen LogP contribution in [0.3, 0.4) is 0 Å². The van der Waals surface area contributed by atoms with Crippen molar-refractivity contribution in [1.82, 2.24) is 4.90 Å². The van der Waals surface area contributed by atoms with Gasteiger partial charge in [-0.2, -0.15) is 11.3 Å². The molecule has 2 rings (SSSR count). The highest BCUT2D eigenvalue weighted by atomic mass is 32.1. The average Bonchev–Trinajstić information content (AvgIpc) is 2.62. The van der Waals surface area contributed by atoms with E-state index >= 15 is 0 Å². The van der Waals surface area contributed by atoms with Gasteiger partial charge in [0, 0.05) is 25.6 Å². The van der Waals surface area contributed by atoms with E-state index in [1.807, 2.05) is 4.90 Å². The summed E-state index contributed by atoms with van der Waals surface area (Å²) in [4.78, 5) is 13.3. The van der Waals surface area contributed by atoms with E-state index < -0.39 is 0 Å². The van der Waals surface area contributed by atoms with E-state index in [0.29, 0.717) is 13.0 Å². The highest BCUT2D eigenvalue weighted by molar-refractivity contribution is 7.08. The number of nitrogens with zero attached hydrogens (tertiary/aromatic N) is 1. The molecule has 4 heteroatoms. The van der Waals surface area contributed by atoms with Crippen molar-refractivity contribution in [3.63, 3.8) is 0 Å². The summed E-state index contributed by atoms with van der Waals surface area (Å²) in [6.07, 6.45) is 0.503. The molecule has 1 atom stereocenters. The summed E-state index contributed by atoms with van der Waals surface area (Å²) in [7, 11) is 0. The van der Waals surface area contributed by atoms with E-state index in [2.05, 4.69) is 17.7 Å². The molecule has 0 spiro atoms. The second-order valence-corrected chi connectivity index (χ2v) is 4.56. The van der Waals surface area contributed by atoms with E-state index in [4.69, 9.17) is 5.73 Å². The molecule has 1 aromatic heterocycles. The molecule has 76 valence electrons. The second kappa shape index (κ2) is 3.71. The minimum Gasteiger partial charge on any atom is -0.337 e. The van der Waals surface area contributed by atoms with E-state index in [-0.39, 0.29) is 11.9 Å². The molecule has 0 aliphatic carbocycles. The number of rotatable bonds is 2. The minimum atomic E-state index is 0.0291. The molecule has 14 heavy (non-hydrogen) atoms. The first-order valence-corrected chi connectivity index (χ1v) is 5.66. The van der Waals surface area contributed by atoms with Crippen molar-refractivity contribution >= 4 is 17.2 Å². The highest BCUT2D eigenvalue weighted by Crippen LogP contribution is 2.19. The number of aryl methyl sites for hydroxylation is 1. The number of amides is 1. The zero-order chi connectivity index (χ0) is 10.1. The van der Waals surface area contributed by atoms with Gasteiger partial charge in [-0.15, -0.1) is 0 Å². The lowest BCUT2D eigenvalue weighted by molar-refractivity contribution is -0.128. The maximum Gasteiger partial charge on any atom is 0.224 e. The first-order valence-electron chi connectivity index (χ1n) is 4.72. The Hall–Kier alpha value is -0.870. The van der Waals surface area contributed by atoms with Gasteiger partial charge in [0.25, 0.3) is 0 Å². The van der Waals surface area contributed by atoms with Gasteiger partial charge in [0.2, 0.25) is 5.91 Å². The molecule has 1 aliphatic heterocycles. The molecule has 1 aliphatic rings. The molecule has 0 aromatic carbocycles. The van der Waals surface area contributed by atoms with Crippen molar-refractivity contribution < 1.29 is 4.79 Å². The Kier molecular flexibility index (Phi) is 2.56. The van der Waals surface area contributed by atoms with Crippen LogP contribution in [0.4, 0.5) is 0 Å². The molecule has 0 radical (unpaired) electrons. The first-order chi connectivity index (χ1) is 6.66. The summed E-state index contributed by atoms with van der Waals surface area (Å²) >= 11 is 1.68. The van der Waals surface area contributed by atoms with Gasteiger partial charge >= 0.3 is 0 Å². The highest BCUT2D eigenvalue weighted by Gasteiger charge is 2.26. The van der Waals surface area contributed by atoms with Crippen molar-refractivity contribution in [3.8, 4) is 0 Å². The lowest BCUT2D eigenvalue weighted by atomic mass is 10.2. The average molecular weight is 210 g/mol.